The molecule has 20 heavy (non-hydrogen) atoms. The van der Waals surface area contributed by atoms with Crippen LogP contribution < -0.4 is 15.2 Å². The average Bonchev–Trinajstić information content (AvgIpc) is 2.47. The average molecular weight is 271 g/mol. The smallest absolute Gasteiger partial charge is 0.130 e. The molecular formula is C17H21NO2. The molecule has 0 saturated heterocycles. The monoisotopic (exact) mass is 271 g/mol. The molecule has 2 aromatic rings. The van der Waals surface area contributed by atoms with Gasteiger partial charge in [-0.25, -0.2) is 0 Å². The third-order valence-electron chi connectivity index (χ3n) is 3.23. The Labute approximate surface area is 120 Å². The maximum absolute atomic E-state index is 5.82. The summed E-state index contributed by atoms with van der Waals surface area (Å²) in [4.78, 5) is 0. The standard InChI is InChI=1S/C17H21NO2/c1-12(18)10-13-4-6-14(7-5-13)16-9-8-15(19-2)11-17(16)20-3/h4-9,11-12H,10,18H2,1-3H3. The molecule has 1 atom stereocenters. The number of methoxy groups -OCH3 is 2. The summed E-state index contributed by atoms with van der Waals surface area (Å²) < 4.78 is 10.7. The number of benzene rings is 2. The summed E-state index contributed by atoms with van der Waals surface area (Å²) in [5.74, 6) is 1.60. The van der Waals surface area contributed by atoms with Crippen molar-refractivity contribution in [3.8, 4) is 22.6 Å². The SMILES string of the molecule is COc1ccc(-c2ccc(CC(C)N)cc2)c(OC)c1. The lowest BCUT2D eigenvalue weighted by molar-refractivity contribution is 0.395. The second kappa shape index (κ2) is 6.44. The Morgan fingerprint density at radius 3 is 2.25 bits per heavy atom. The van der Waals surface area contributed by atoms with Crippen molar-refractivity contribution in [2.24, 2.45) is 5.73 Å². The van der Waals surface area contributed by atoms with Gasteiger partial charge in [0, 0.05) is 17.7 Å². The van der Waals surface area contributed by atoms with Crippen LogP contribution in [0.5, 0.6) is 11.5 Å². The van der Waals surface area contributed by atoms with Gasteiger partial charge in [0.1, 0.15) is 11.5 Å². The fraction of sp³-hybridized carbons (Fsp3) is 0.294. The van der Waals surface area contributed by atoms with Gasteiger partial charge in [0.2, 0.25) is 0 Å². The highest BCUT2D eigenvalue weighted by molar-refractivity contribution is 5.71. The molecule has 3 heteroatoms. The Kier molecular flexibility index (Phi) is 4.64. The molecule has 0 fully saturated rings. The van der Waals surface area contributed by atoms with Gasteiger partial charge < -0.3 is 15.2 Å². The summed E-state index contributed by atoms with van der Waals surface area (Å²) in [6.07, 6.45) is 0.889. The van der Waals surface area contributed by atoms with Gasteiger partial charge >= 0.3 is 0 Å². The van der Waals surface area contributed by atoms with Crippen molar-refractivity contribution >= 4 is 0 Å². The van der Waals surface area contributed by atoms with E-state index in [0.29, 0.717) is 0 Å². The molecule has 0 saturated carbocycles. The first-order chi connectivity index (χ1) is 9.63. The summed E-state index contributed by atoms with van der Waals surface area (Å²) in [7, 11) is 3.32. The quantitative estimate of drug-likeness (QED) is 0.907. The number of hydrogen-bond acceptors (Lipinski definition) is 3. The van der Waals surface area contributed by atoms with Crippen LogP contribution in [0.4, 0.5) is 0 Å². The van der Waals surface area contributed by atoms with Crippen LogP contribution in [-0.2, 0) is 6.42 Å². The van der Waals surface area contributed by atoms with Crippen LogP contribution in [0.2, 0.25) is 0 Å². The van der Waals surface area contributed by atoms with Crippen LogP contribution in [0.25, 0.3) is 11.1 Å². The zero-order chi connectivity index (χ0) is 14.5. The summed E-state index contributed by atoms with van der Waals surface area (Å²) in [5, 5.41) is 0. The van der Waals surface area contributed by atoms with Gasteiger partial charge in [0.05, 0.1) is 14.2 Å². The van der Waals surface area contributed by atoms with E-state index in [9.17, 15) is 0 Å². The van der Waals surface area contributed by atoms with Crippen molar-refractivity contribution in [3.63, 3.8) is 0 Å². The zero-order valence-electron chi connectivity index (χ0n) is 12.2. The molecule has 2 aromatic carbocycles. The summed E-state index contributed by atoms with van der Waals surface area (Å²) >= 11 is 0. The molecule has 0 aliphatic rings. The third-order valence-corrected chi connectivity index (χ3v) is 3.23. The predicted molar refractivity (Wildman–Crippen MR) is 82.3 cm³/mol. The predicted octanol–water partition coefficient (Wildman–Crippen LogP) is 3.26. The van der Waals surface area contributed by atoms with E-state index in [1.165, 1.54) is 5.56 Å². The second-order valence-corrected chi connectivity index (χ2v) is 4.94. The van der Waals surface area contributed by atoms with Crippen molar-refractivity contribution in [3.05, 3.63) is 48.0 Å². The number of rotatable bonds is 5. The molecule has 0 heterocycles. The van der Waals surface area contributed by atoms with Crippen molar-refractivity contribution in [1.29, 1.82) is 0 Å². The minimum Gasteiger partial charge on any atom is -0.497 e. The first-order valence-electron chi connectivity index (χ1n) is 6.71. The van der Waals surface area contributed by atoms with Crippen molar-refractivity contribution < 1.29 is 9.47 Å². The lowest BCUT2D eigenvalue weighted by Crippen LogP contribution is -2.17. The molecule has 106 valence electrons. The highest BCUT2D eigenvalue weighted by atomic mass is 16.5. The molecule has 0 spiro atoms. The highest BCUT2D eigenvalue weighted by Crippen LogP contribution is 2.33. The molecule has 0 aliphatic heterocycles. The number of hydrogen-bond donors (Lipinski definition) is 1. The van der Waals surface area contributed by atoms with Gasteiger partial charge in [-0.05, 0) is 36.6 Å². The van der Waals surface area contributed by atoms with E-state index < -0.39 is 0 Å². The topological polar surface area (TPSA) is 44.5 Å². The Morgan fingerprint density at radius 1 is 1.00 bits per heavy atom. The van der Waals surface area contributed by atoms with Gasteiger partial charge in [-0.3, -0.25) is 0 Å². The molecule has 0 radical (unpaired) electrons. The molecule has 2 rings (SSSR count). The maximum Gasteiger partial charge on any atom is 0.130 e. The van der Waals surface area contributed by atoms with Crippen LogP contribution in [-0.4, -0.2) is 20.3 Å². The molecule has 0 amide bonds. The lowest BCUT2D eigenvalue weighted by atomic mass is 10.0. The lowest BCUT2D eigenvalue weighted by Gasteiger charge is -2.11. The highest BCUT2D eigenvalue weighted by Gasteiger charge is 2.07. The Balaban J connectivity index is 2.31. The fourth-order valence-corrected chi connectivity index (χ4v) is 2.23. The van der Waals surface area contributed by atoms with Gasteiger partial charge in [0.25, 0.3) is 0 Å². The Hall–Kier alpha value is -2.00. The van der Waals surface area contributed by atoms with Crippen molar-refractivity contribution in [1.82, 2.24) is 0 Å². The normalized spacial score (nSPS) is 12.0. The van der Waals surface area contributed by atoms with E-state index in [2.05, 4.69) is 24.3 Å². The first kappa shape index (κ1) is 14.4. The first-order valence-corrected chi connectivity index (χ1v) is 6.71. The third kappa shape index (κ3) is 3.31. The van der Waals surface area contributed by atoms with Crippen LogP contribution >= 0.6 is 0 Å². The van der Waals surface area contributed by atoms with Gasteiger partial charge in [-0.1, -0.05) is 24.3 Å². The minimum absolute atomic E-state index is 0.177. The number of nitrogens with two attached hydrogens (primary N) is 1. The van der Waals surface area contributed by atoms with E-state index in [1.54, 1.807) is 14.2 Å². The Morgan fingerprint density at radius 2 is 1.70 bits per heavy atom. The van der Waals surface area contributed by atoms with Crippen LogP contribution in [0.15, 0.2) is 42.5 Å². The molecule has 1 unspecified atom stereocenters. The molecule has 0 bridgehead atoms. The second-order valence-electron chi connectivity index (χ2n) is 4.94. The van der Waals surface area contributed by atoms with Gasteiger partial charge in [-0.2, -0.15) is 0 Å². The van der Waals surface area contributed by atoms with Crippen molar-refractivity contribution in [2.75, 3.05) is 14.2 Å². The van der Waals surface area contributed by atoms with E-state index in [-0.39, 0.29) is 6.04 Å². The zero-order valence-corrected chi connectivity index (χ0v) is 12.2. The maximum atomic E-state index is 5.82. The molecule has 0 aromatic heterocycles. The van der Waals surface area contributed by atoms with E-state index >= 15 is 0 Å². The van der Waals surface area contributed by atoms with Gasteiger partial charge in [0.15, 0.2) is 0 Å². The van der Waals surface area contributed by atoms with E-state index in [0.717, 1.165) is 29.0 Å². The molecular weight excluding hydrogens is 250 g/mol. The summed E-state index contributed by atoms with van der Waals surface area (Å²) in [6.45, 7) is 2.01. The molecule has 0 aliphatic carbocycles. The minimum atomic E-state index is 0.177. The summed E-state index contributed by atoms with van der Waals surface area (Å²) in [6, 6.07) is 14.4. The van der Waals surface area contributed by atoms with Crippen LogP contribution in [0.3, 0.4) is 0 Å². The number of ether oxygens (including phenoxy) is 2. The van der Waals surface area contributed by atoms with E-state index in [4.69, 9.17) is 15.2 Å². The molecule has 3 nitrogen and oxygen atoms in total. The summed E-state index contributed by atoms with van der Waals surface area (Å²) in [5.41, 5.74) is 9.24. The van der Waals surface area contributed by atoms with Crippen LogP contribution in [0, 0.1) is 0 Å². The largest absolute Gasteiger partial charge is 0.497 e. The van der Waals surface area contributed by atoms with Gasteiger partial charge in [-0.15, -0.1) is 0 Å². The van der Waals surface area contributed by atoms with Crippen molar-refractivity contribution in [2.45, 2.75) is 19.4 Å². The fourth-order valence-electron chi connectivity index (χ4n) is 2.23. The van der Waals surface area contributed by atoms with Crippen LogP contribution in [0.1, 0.15) is 12.5 Å². The van der Waals surface area contributed by atoms with E-state index in [1.807, 2.05) is 25.1 Å². The molecule has 2 N–H and O–H groups in total. The Bertz CT molecular complexity index is 562.